The van der Waals surface area contributed by atoms with Crippen LogP contribution in [-0.2, 0) is 4.79 Å². The molecule has 0 spiro atoms. The fourth-order valence-electron chi connectivity index (χ4n) is 3.83. The van der Waals surface area contributed by atoms with Crippen LogP contribution in [0.1, 0.15) is 24.3 Å². The van der Waals surface area contributed by atoms with Crippen LogP contribution in [0.4, 0.5) is 10.1 Å². The van der Waals surface area contributed by atoms with E-state index in [-0.39, 0.29) is 17.6 Å². The summed E-state index contributed by atoms with van der Waals surface area (Å²) in [7, 11) is 0. The van der Waals surface area contributed by atoms with Crippen LogP contribution in [0.5, 0.6) is 0 Å². The quantitative estimate of drug-likeness (QED) is 0.801. The van der Waals surface area contributed by atoms with Crippen molar-refractivity contribution < 1.29 is 9.18 Å². The molecule has 2 aromatic rings. The van der Waals surface area contributed by atoms with Gasteiger partial charge in [0, 0.05) is 42.8 Å². The lowest BCUT2D eigenvalue weighted by Gasteiger charge is -2.24. The number of nitrogens with zero attached hydrogens (tertiary/aromatic N) is 2. The molecule has 5 heteroatoms. The number of carbonyl (C=O) groups excluding carboxylic acids is 1. The SMILES string of the molecule is O=C(C1CC1c1ccc(Cl)cc1)N1CCCN(c2ccc(F)cc2)CC1. The van der Waals surface area contributed by atoms with Crippen molar-refractivity contribution in [3.63, 3.8) is 0 Å². The molecule has 1 aliphatic carbocycles. The maximum atomic E-state index is 13.1. The number of hydrogen-bond acceptors (Lipinski definition) is 2. The Labute approximate surface area is 158 Å². The van der Waals surface area contributed by atoms with E-state index in [0.717, 1.165) is 49.7 Å². The van der Waals surface area contributed by atoms with Crippen molar-refractivity contribution in [1.82, 2.24) is 4.90 Å². The Kier molecular flexibility index (Phi) is 4.86. The van der Waals surface area contributed by atoms with Crippen LogP contribution in [0.2, 0.25) is 5.02 Å². The van der Waals surface area contributed by atoms with Gasteiger partial charge in [0.05, 0.1) is 0 Å². The van der Waals surface area contributed by atoms with Gasteiger partial charge in [0.2, 0.25) is 5.91 Å². The Hall–Kier alpha value is -2.07. The summed E-state index contributed by atoms with van der Waals surface area (Å²) < 4.78 is 13.1. The summed E-state index contributed by atoms with van der Waals surface area (Å²) in [6, 6.07) is 14.4. The van der Waals surface area contributed by atoms with E-state index < -0.39 is 0 Å². The summed E-state index contributed by atoms with van der Waals surface area (Å²) in [6.45, 7) is 3.19. The Morgan fingerprint density at radius 3 is 2.42 bits per heavy atom. The van der Waals surface area contributed by atoms with Crippen LogP contribution in [0, 0.1) is 11.7 Å². The van der Waals surface area contributed by atoms with Gasteiger partial charge in [-0.05, 0) is 60.7 Å². The predicted octanol–water partition coefficient (Wildman–Crippen LogP) is 4.32. The molecule has 1 heterocycles. The van der Waals surface area contributed by atoms with Gasteiger partial charge in [-0.2, -0.15) is 0 Å². The number of benzene rings is 2. The molecule has 4 rings (SSSR count). The molecule has 26 heavy (non-hydrogen) atoms. The van der Waals surface area contributed by atoms with Crippen LogP contribution in [0.25, 0.3) is 0 Å². The standard InChI is InChI=1S/C21H22ClFN2O/c22-16-4-2-15(3-5-16)19-14-20(19)21(26)25-11-1-10-24(12-13-25)18-8-6-17(23)7-9-18/h2-9,19-20H,1,10-14H2. The van der Waals surface area contributed by atoms with Crippen molar-refractivity contribution in [3.8, 4) is 0 Å². The van der Waals surface area contributed by atoms with E-state index in [4.69, 9.17) is 11.6 Å². The molecule has 2 aromatic carbocycles. The third-order valence-corrected chi connectivity index (χ3v) is 5.66. The summed E-state index contributed by atoms with van der Waals surface area (Å²) in [5.74, 6) is 0.484. The van der Waals surface area contributed by atoms with E-state index in [1.165, 1.54) is 17.7 Å². The molecule has 0 bridgehead atoms. The first kappa shape index (κ1) is 17.3. The Morgan fingerprint density at radius 2 is 1.69 bits per heavy atom. The largest absolute Gasteiger partial charge is 0.370 e. The van der Waals surface area contributed by atoms with E-state index in [1.54, 1.807) is 0 Å². The molecule has 0 N–H and O–H groups in total. The van der Waals surface area contributed by atoms with Gasteiger partial charge in [0.25, 0.3) is 0 Å². The van der Waals surface area contributed by atoms with Crippen molar-refractivity contribution in [2.24, 2.45) is 5.92 Å². The van der Waals surface area contributed by atoms with Gasteiger partial charge in [0.1, 0.15) is 5.82 Å². The second kappa shape index (κ2) is 7.28. The molecule has 2 atom stereocenters. The number of halogens is 2. The molecule has 1 saturated heterocycles. The molecule has 2 aliphatic rings. The topological polar surface area (TPSA) is 23.6 Å². The second-order valence-corrected chi connectivity index (χ2v) is 7.58. The molecule has 136 valence electrons. The van der Waals surface area contributed by atoms with Crippen LogP contribution in [-0.4, -0.2) is 37.0 Å². The van der Waals surface area contributed by atoms with Crippen LogP contribution < -0.4 is 4.90 Å². The molecule has 1 saturated carbocycles. The normalized spacial score (nSPS) is 22.8. The van der Waals surface area contributed by atoms with Gasteiger partial charge < -0.3 is 9.80 Å². The summed E-state index contributed by atoms with van der Waals surface area (Å²) in [4.78, 5) is 17.1. The summed E-state index contributed by atoms with van der Waals surface area (Å²) in [6.07, 6.45) is 1.86. The van der Waals surface area contributed by atoms with Crippen molar-refractivity contribution in [1.29, 1.82) is 0 Å². The zero-order valence-electron chi connectivity index (χ0n) is 14.6. The Balaban J connectivity index is 1.36. The zero-order chi connectivity index (χ0) is 18.1. The average Bonchev–Trinajstić information content (AvgIpc) is 3.46. The monoisotopic (exact) mass is 372 g/mol. The molecular weight excluding hydrogens is 351 g/mol. The molecule has 3 nitrogen and oxygen atoms in total. The highest BCUT2D eigenvalue weighted by Gasteiger charge is 2.45. The molecule has 1 aliphatic heterocycles. The summed E-state index contributed by atoms with van der Waals surface area (Å²) in [5.41, 5.74) is 2.22. The molecule has 0 radical (unpaired) electrons. The molecule has 1 amide bonds. The molecule has 2 fully saturated rings. The smallest absolute Gasteiger partial charge is 0.226 e. The minimum absolute atomic E-state index is 0.105. The van der Waals surface area contributed by atoms with E-state index in [1.807, 2.05) is 41.3 Å². The first-order valence-electron chi connectivity index (χ1n) is 9.16. The third-order valence-electron chi connectivity index (χ3n) is 5.41. The molecule has 2 unspecified atom stereocenters. The van der Waals surface area contributed by atoms with E-state index in [2.05, 4.69) is 4.90 Å². The third kappa shape index (κ3) is 3.70. The highest BCUT2D eigenvalue weighted by Crippen LogP contribution is 2.48. The summed E-state index contributed by atoms with van der Waals surface area (Å²) >= 11 is 5.95. The molecule has 0 aromatic heterocycles. The molecular formula is C21H22ClFN2O. The van der Waals surface area contributed by atoms with Gasteiger partial charge in [-0.3, -0.25) is 4.79 Å². The van der Waals surface area contributed by atoms with Gasteiger partial charge in [-0.25, -0.2) is 4.39 Å². The number of hydrogen-bond donors (Lipinski definition) is 0. The maximum Gasteiger partial charge on any atom is 0.226 e. The van der Waals surface area contributed by atoms with E-state index in [9.17, 15) is 9.18 Å². The van der Waals surface area contributed by atoms with Crippen LogP contribution in [0.15, 0.2) is 48.5 Å². The first-order chi connectivity index (χ1) is 12.6. The minimum atomic E-state index is -0.220. The number of amides is 1. The van der Waals surface area contributed by atoms with Gasteiger partial charge in [0.15, 0.2) is 0 Å². The highest BCUT2D eigenvalue weighted by atomic mass is 35.5. The minimum Gasteiger partial charge on any atom is -0.370 e. The van der Waals surface area contributed by atoms with Gasteiger partial charge in [-0.15, -0.1) is 0 Å². The number of carbonyl (C=O) groups is 1. The van der Waals surface area contributed by atoms with Crippen molar-refractivity contribution in [2.45, 2.75) is 18.8 Å². The van der Waals surface area contributed by atoms with E-state index in [0.29, 0.717) is 5.92 Å². The van der Waals surface area contributed by atoms with Crippen molar-refractivity contribution in [2.75, 3.05) is 31.1 Å². The fraction of sp³-hybridized carbons (Fsp3) is 0.381. The second-order valence-electron chi connectivity index (χ2n) is 7.14. The Morgan fingerprint density at radius 1 is 0.962 bits per heavy atom. The zero-order valence-corrected chi connectivity index (χ0v) is 15.3. The first-order valence-corrected chi connectivity index (χ1v) is 9.54. The lowest BCUT2D eigenvalue weighted by atomic mass is 10.1. The van der Waals surface area contributed by atoms with Gasteiger partial charge in [-0.1, -0.05) is 23.7 Å². The van der Waals surface area contributed by atoms with Gasteiger partial charge >= 0.3 is 0 Å². The number of anilines is 1. The predicted molar refractivity (Wildman–Crippen MR) is 102 cm³/mol. The van der Waals surface area contributed by atoms with E-state index >= 15 is 0 Å². The Bertz CT molecular complexity index is 778. The van der Waals surface area contributed by atoms with Crippen LogP contribution in [0.3, 0.4) is 0 Å². The highest BCUT2D eigenvalue weighted by molar-refractivity contribution is 6.30. The lowest BCUT2D eigenvalue weighted by molar-refractivity contribution is -0.132. The lowest BCUT2D eigenvalue weighted by Crippen LogP contribution is -2.36. The fourth-order valence-corrected chi connectivity index (χ4v) is 3.95. The van der Waals surface area contributed by atoms with Crippen LogP contribution >= 0.6 is 11.6 Å². The van der Waals surface area contributed by atoms with Crippen molar-refractivity contribution >= 4 is 23.2 Å². The van der Waals surface area contributed by atoms with Crippen molar-refractivity contribution in [3.05, 3.63) is 64.9 Å². The maximum absolute atomic E-state index is 13.1. The average molecular weight is 373 g/mol. The number of rotatable bonds is 3. The summed E-state index contributed by atoms with van der Waals surface area (Å²) in [5, 5.41) is 0.727.